The molecular formula is C43H77NO3. The Bertz CT molecular complexity index is 797. The van der Waals surface area contributed by atoms with E-state index in [1.165, 1.54) is 122 Å². The molecule has 0 bridgehead atoms. The highest BCUT2D eigenvalue weighted by atomic mass is 16.3. The summed E-state index contributed by atoms with van der Waals surface area (Å²) in [6, 6.07) is -0.646. The van der Waals surface area contributed by atoms with E-state index < -0.39 is 12.1 Å². The average Bonchev–Trinajstić information content (AvgIpc) is 3.07. The number of hydrogen-bond acceptors (Lipinski definition) is 3. The lowest BCUT2D eigenvalue weighted by Gasteiger charge is -2.19. The van der Waals surface area contributed by atoms with Gasteiger partial charge in [-0.05, 0) is 70.6 Å². The molecule has 0 aliphatic heterocycles. The van der Waals surface area contributed by atoms with Crippen LogP contribution in [0.4, 0.5) is 0 Å². The van der Waals surface area contributed by atoms with Gasteiger partial charge in [0.2, 0.25) is 5.91 Å². The van der Waals surface area contributed by atoms with Crippen LogP contribution in [0.15, 0.2) is 60.8 Å². The van der Waals surface area contributed by atoms with Gasteiger partial charge in [-0.2, -0.15) is 0 Å². The molecule has 0 aliphatic carbocycles. The van der Waals surface area contributed by atoms with Crippen molar-refractivity contribution in [2.75, 3.05) is 6.61 Å². The molecule has 0 aromatic heterocycles. The van der Waals surface area contributed by atoms with Gasteiger partial charge in [0, 0.05) is 6.42 Å². The third kappa shape index (κ3) is 35.2. The summed E-state index contributed by atoms with van der Waals surface area (Å²) in [5.41, 5.74) is 0. The SMILES string of the molecule is CCCC/C=C/CC/C=C/CC/C=C/C(O)C(CO)NC(=O)CCCCCCCCCCCCC/C=C\C/C=C\CCCCCCC. The van der Waals surface area contributed by atoms with E-state index in [-0.39, 0.29) is 12.5 Å². The molecule has 272 valence electrons. The molecular weight excluding hydrogens is 578 g/mol. The average molecular weight is 656 g/mol. The van der Waals surface area contributed by atoms with E-state index >= 15 is 0 Å². The molecule has 4 heteroatoms. The summed E-state index contributed by atoms with van der Waals surface area (Å²) >= 11 is 0. The van der Waals surface area contributed by atoms with Crippen molar-refractivity contribution >= 4 is 5.91 Å². The minimum absolute atomic E-state index is 0.0843. The van der Waals surface area contributed by atoms with Crippen LogP contribution in [0.1, 0.15) is 187 Å². The van der Waals surface area contributed by atoms with E-state index in [2.05, 4.69) is 67.8 Å². The largest absolute Gasteiger partial charge is 0.394 e. The van der Waals surface area contributed by atoms with Gasteiger partial charge >= 0.3 is 0 Å². The molecule has 0 saturated carbocycles. The maximum absolute atomic E-state index is 12.3. The summed E-state index contributed by atoms with van der Waals surface area (Å²) in [5.74, 6) is -0.0843. The molecule has 0 aromatic carbocycles. The molecule has 0 aliphatic rings. The number of amides is 1. The van der Waals surface area contributed by atoms with Crippen LogP contribution in [0.3, 0.4) is 0 Å². The lowest BCUT2D eigenvalue weighted by molar-refractivity contribution is -0.123. The summed E-state index contributed by atoms with van der Waals surface area (Å²) in [5, 5.41) is 22.9. The molecule has 1 amide bonds. The first-order chi connectivity index (χ1) is 23.2. The second kappa shape index (κ2) is 38.5. The van der Waals surface area contributed by atoms with Crippen molar-refractivity contribution in [1.29, 1.82) is 0 Å². The van der Waals surface area contributed by atoms with Crippen molar-refractivity contribution in [2.45, 2.75) is 199 Å². The Hall–Kier alpha value is -1.91. The van der Waals surface area contributed by atoms with Crippen LogP contribution in [0.2, 0.25) is 0 Å². The van der Waals surface area contributed by atoms with Crippen LogP contribution in [0.25, 0.3) is 0 Å². The van der Waals surface area contributed by atoms with Gasteiger partial charge in [0.25, 0.3) is 0 Å². The van der Waals surface area contributed by atoms with Crippen LogP contribution in [0, 0.1) is 0 Å². The maximum atomic E-state index is 12.3. The summed E-state index contributed by atoms with van der Waals surface area (Å²) in [4.78, 5) is 12.3. The number of carbonyl (C=O) groups is 1. The first kappa shape index (κ1) is 45.1. The third-order valence-corrected chi connectivity index (χ3v) is 8.70. The second-order valence-electron chi connectivity index (χ2n) is 13.3. The van der Waals surface area contributed by atoms with E-state index in [4.69, 9.17) is 0 Å². The maximum Gasteiger partial charge on any atom is 0.220 e. The molecule has 0 heterocycles. The molecule has 4 nitrogen and oxygen atoms in total. The van der Waals surface area contributed by atoms with Gasteiger partial charge in [-0.15, -0.1) is 0 Å². The lowest BCUT2D eigenvalue weighted by Crippen LogP contribution is -2.45. The van der Waals surface area contributed by atoms with Gasteiger partial charge in [0.1, 0.15) is 0 Å². The Labute approximate surface area is 292 Å². The quantitative estimate of drug-likeness (QED) is 0.0470. The zero-order valence-electron chi connectivity index (χ0n) is 31.0. The smallest absolute Gasteiger partial charge is 0.220 e. The van der Waals surface area contributed by atoms with Crippen LogP contribution in [-0.2, 0) is 4.79 Å². The van der Waals surface area contributed by atoms with Crippen molar-refractivity contribution in [2.24, 2.45) is 0 Å². The van der Waals surface area contributed by atoms with Crippen molar-refractivity contribution in [3.05, 3.63) is 60.8 Å². The highest BCUT2D eigenvalue weighted by Gasteiger charge is 2.17. The van der Waals surface area contributed by atoms with Crippen LogP contribution >= 0.6 is 0 Å². The van der Waals surface area contributed by atoms with E-state index in [1.807, 2.05) is 6.08 Å². The first-order valence-electron chi connectivity index (χ1n) is 20.0. The van der Waals surface area contributed by atoms with E-state index in [0.29, 0.717) is 6.42 Å². The minimum Gasteiger partial charge on any atom is -0.394 e. The van der Waals surface area contributed by atoms with E-state index in [0.717, 1.165) is 44.9 Å². The number of unbranched alkanes of at least 4 members (excludes halogenated alkanes) is 20. The summed E-state index contributed by atoms with van der Waals surface area (Å²) < 4.78 is 0. The zero-order chi connectivity index (χ0) is 34.3. The van der Waals surface area contributed by atoms with E-state index in [9.17, 15) is 15.0 Å². The Morgan fingerprint density at radius 3 is 1.43 bits per heavy atom. The molecule has 0 aromatic rings. The number of allylic oxidation sites excluding steroid dienone is 9. The normalized spacial score (nSPS) is 13.7. The first-order valence-corrected chi connectivity index (χ1v) is 20.0. The highest BCUT2D eigenvalue weighted by molar-refractivity contribution is 5.76. The topological polar surface area (TPSA) is 69.6 Å². The fourth-order valence-electron chi connectivity index (χ4n) is 5.58. The second-order valence-corrected chi connectivity index (χ2v) is 13.3. The molecule has 47 heavy (non-hydrogen) atoms. The molecule has 0 fully saturated rings. The van der Waals surface area contributed by atoms with Gasteiger partial charge < -0.3 is 15.5 Å². The van der Waals surface area contributed by atoms with Gasteiger partial charge in [-0.1, -0.05) is 171 Å². The Kier molecular flexibility index (Phi) is 37.0. The van der Waals surface area contributed by atoms with Gasteiger partial charge in [-0.3, -0.25) is 4.79 Å². The Morgan fingerprint density at radius 1 is 0.511 bits per heavy atom. The van der Waals surface area contributed by atoms with Crippen molar-refractivity contribution in [3.8, 4) is 0 Å². The standard InChI is InChI=1S/C43H77NO3/c1-3-5-7-9-11-13-15-17-18-19-20-21-22-23-24-25-26-27-29-31-33-35-37-39-43(47)44-41(40-45)42(46)38-36-34-32-30-28-16-14-12-10-8-6-4-2/h10,12,15,17,19-20,28,30,36,38,41-42,45-46H,3-9,11,13-14,16,18,21-27,29,31-35,37,39-40H2,1-2H3,(H,44,47)/b12-10+,17-15-,20-19-,30-28+,38-36+. The lowest BCUT2D eigenvalue weighted by atomic mass is 10.0. The summed E-state index contributed by atoms with van der Waals surface area (Å²) in [7, 11) is 0. The third-order valence-electron chi connectivity index (χ3n) is 8.70. The number of nitrogens with one attached hydrogen (secondary N) is 1. The fourth-order valence-corrected chi connectivity index (χ4v) is 5.58. The van der Waals surface area contributed by atoms with Crippen molar-refractivity contribution < 1.29 is 15.0 Å². The van der Waals surface area contributed by atoms with E-state index in [1.54, 1.807) is 6.08 Å². The molecule has 0 rings (SSSR count). The van der Waals surface area contributed by atoms with Gasteiger partial charge in [-0.25, -0.2) is 0 Å². The number of aliphatic hydroxyl groups excluding tert-OH is 2. The number of aliphatic hydroxyl groups is 2. The molecule has 0 radical (unpaired) electrons. The van der Waals surface area contributed by atoms with Crippen LogP contribution < -0.4 is 5.32 Å². The molecule has 0 saturated heterocycles. The highest BCUT2D eigenvalue weighted by Crippen LogP contribution is 2.13. The van der Waals surface area contributed by atoms with Gasteiger partial charge in [0.15, 0.2) is 0 Å². The summed E-state index contributed by atoms with van der Waals surface area (Å²) in [6.45, 7) is 4.22. The summed E-state index contributed by atoms with van der Waals surface area (Å²) in [6.07, 6.45) is 53.2. The minimum atomic E-state index is -0.870. The van der Waals surface area contributed by atoms with Crippen LogP contribution in [-0.4, -0.2) is 34.9 Å². The Balaban J connectivity index is 3.61. The predicted octanol–water partition coefficient (Wildman–Crippen LogP) is 12.2. The number of hydrogen-bond donors (Lipinski definition) is 3. The van der Waals surface area contributed by atoms with Crippen molar-refractivity contribution in [3.63, 3.8) is 0 Å². The molecule has 3 N–H and O–H groups in total. The number of carbonyl (C=O) groups excluding carboxylic acids is 1. The molecule has 2 unspecified atom stereocenters. The molecule has 2 atom stereocenters. The molecule has 0 spiro atoms. The van der Waals surface area contributed by atoms with Crippen molar-refractivity contribution in [1.82, 2.24) is 5.32 Å². The Morgan fingerprint density at radius 2 is 0.915 bits per heavy atom. The fraction of sp³-hybridized carbons (Fsp3) is 0.744. The van der Waals surface area contributed by atoms with Gasteiger partial charge in [0.05, 0.1) is 18.8 Å². The zero-order valence-corrected chi connectivity index (χ0v) is 31.0. The van der Waals surface area contributed by atoms with Crippen LogP contribution in [0.5, 0.6) is 0 Å². The predicted molar refractivity (Wildman–Crippen MR) is 207 cm³/mol. The number of rotatable bonds is 35. The monoisotopic (exact) mass is 656 g/mol.